The van der Waals surface area contributed by atoms with Gasteiger partial charge in [-0.05, 0) is 53.0 Å². The number of rotatable bonds is 6. The van der Waals surface area contributed by atoms with Crippen LogP contribution in [0, 0.1) is 25.2 Å². The van der Waals surface area contributed by atoms with Crippen LogP contribution >= 0.6 is 15.9 Å². The molecular weight excluding hydrogens is 358 g/mol. The molecule has 4 nitrogen and oxygen atoms in total. The van der Waals surface area contributed by atoms with Crippen molar-refractivity contribution in [2.24, 2.45) is 0 Å². The van der Waals surface area contributed by atoms with E-state index in [9.17, 15) is 0 Å². The van der Waals surface area contributed by atoms with Crippen molar-refractivity contribution in [2.75, 3.05) is 20.3 Å². The highest BCUT2D eigenvalue weighted by Gasteiger charge is 2.12. The smallest absolute Gasteiger partial charge is 0.175 e. The molecule has 0 radical (unpaired) electrons. The van der Waals surface area contributed by atoms with Crippen LogP contribution in [-0.2, 0) is 0 Å². The third kappa shape index (κ3) is 4.40. The predicted octanol–water partition coefficient (Wildman–Crippen LogP) is 4.40. The molecule has 0 bridgehead atoms. The van der Waals surface area contributed by atoms with E-state index in [2.05, 4.69) is 28.1 Å². The zero-order chi connectivity index (χ0) is 16.8. The first kappa shape index (κ1) is 17.2. The fraction of sp³-hybridized carbons (Fsp3) is 0.278. The third-order valence-electron chi connectivity index (χ3n) is 3.29. The summed E-state index contributed by atoms with van der Waals surface area (Å²) in [5.41, 5.74) is 2.75. The molecule has 120 valence electrons. The molecular formula is C18H18BrNO3. The summed E-state index contributed by atoms with van der Waals surface area (Å²) >= 11 is 3.40. The molecule has 0 aliphatic carbocycles. The molecule has 0 fully saturated rings. The highest BCUT2D eigenvalue weighted by molar-refractivity contribution is 9.10. The number of halogens is 1. The van der Waals surface area contributed by atoms with Gasteiger partial charge in [-0.25, -0.2) is 0 Å². The van der Waals surface area contributed by atoms with Gasteiger partial charge in [0.05, 0.1) is 23.2 Å². The molecule has 0 aromatic heterocycles. The number of nitriles is 1. The Balaban J connectivity index is 1.99. The second-order valence-corrected chi connectivity index (χ2v) is 5.92. The Kier molecular flexibility index (Phi) is 5.89. The lowest BCUT2D eigenvalue weighted by Crippen LogP contribution is -2.10. The maximum absolute atomic E-state index is 8.97. The van der Waals surface area contributed by atoms with Crippen molar-refractivity contribution < 1.29 is 14.2 Å². The maximum atomic E-state index is 8.97. The van der Waals surface area contributed by atoms with Crippen LogP contribution < -0.4 is 14.2 Å². The van der Waals surface area contributed by atoms with Crippen LogP contribution in [0.3, 0.4) is 0 Å². The molecule has 5 heteroatoms. The minimum atomic E-state index is 0.369. The Bertz CT molecular complexity index is 738. The largest absolute Gasteiger partial charge is 0.493 e. The number of hydrogen-bond acceptors (Lipinski definition) is 4. The molecule has 0 atom stereocenters. The summed E-state index contributed by atoms with van der Waals surface area (Å²) in [6, 6.07) is 11.5. The van der Waals surface area contributed by atoms with E-state index in [1.807, 2.05) is 26.0 Å². The molecule has 23 heavy (non-hydrogen) atoms. The van der Waals surface area contributed by atoms with E-state index >= 15 is 0 Å². The average Bonchev–Trinajstić information content (AvgIpc) is 2.55. The normalized spacial score (nSPS) is 10.0. The van der Waals surface area contributed by atoms with Gasteiger partial charge in [-0.2, -0.15) is 5.26 Å². The Hall–Kier alpha value is -2.19. The quantitative estimate of drug-likeness (QED) is 0.701. The van der Waals surface area contributed by atoms with Gasteiger partial charge in [-0.1, -0.05) is 12.1 Å². The highest BCUT2D eigenvalue weighted by atomic mass is 79.9. The van der Waals surface area contributed by atoms with Crippen LogP contribution in [0.15, 0.2) is 34.8 Å². The molecule has 2 aromatic carbocycles. The number of benzene rings is 2. The molecule has 0 saturated heterocycles. The summed E-state index contributed by atoms with van der Waals surface area (Å²) in [4.78, 5) is 0. The van der Waals surface area contributed by atoms with Crippen LogP contribution in [-0.4, -0.2) is 20.3 Å². The van der Waals surface area contributed by atoms with E-state index in [0.717, 1.165) is 16.9 Å². The van der Waals surface area contributed by atoms with E-state index in [-0.39, 0.29) is 0 Å². The maximum Gasteiger partial charge on any atom is 0.175 e. The average molecular weight is 376 g/mol. The monoisotopic (exact) mass is 375 g/mol. The van der Waals surface area contributed by atoms with Crippen molar-refractivity contribution in [2.45, 2.75) is 13.8 Å². The van der Waals surface area contributed by atoms with E-state index in [1.54, 1.807) is 19.2 Å². The van der Waals surface area contributed by atoms with Crippen LogP contribution in [0.2, 0.25) is 0 Å². The summed E-state index contributed by atoms with van der Waals surface area (Å²) in [7, 11) is 1.54. The Morgan fingerprint density at radius 1 is 1.04 bits per heavy atom. The Morgan fingerprint density at radius 2 is 1.78 bits per heavy atom. The molecule has 0 saturated carbocycles. The SMILES string of the molecule is COc1cc(C#N)cc(Br)c1OCCOc1cc(C)ccc1C. The minimum absolute atomic E-state index is 0.369. The summed E-state index contributed by atoms with van der Waals surface area (Å²) in [5, 5.41) is 8.97. The van der Waals surface area contributed by atoms with Gasteiger partial charge in [0.2, 0.25) is 0 Å². The number of nitrogens with zero attached hydrogens (tertiary/aromatic N) is 1. The summed E-state index contributed by atoms with van der Waals surface area (Å²) in [6.45, 7) is 4.82. The molecule has 0 spiro atoms. The summed E-state index contributed by atoms with van der Waals surface area (Å²) in [5.74, 6) is 1.94. The third-order valence-corrected chi connectivity index (χ3v) is 3.88. The van der Waals surface area contributed by atoms with Crippen molar-refractivity contribution in [1.82, 2.24) is 0 Å². The first-order valence-electron chi connectivity index (χ1n) is 7.15. The zero-order valence-corrected chi connectivity index (χ0v) is 14.9. The van der Waals surface area contributed by atoms with Gasteiger partial charge in [0.25, 0.3) is 0 Å². The fourth-order valence-electron chi connectivity index (χ4n) is 2.08. The van der Waals surface area contributed by atoms with Gasteiger partial charge in [-0.15, -0.1) is 0 Å². The van der Waals surface area contributed by atoms with Gasteiger partial charge in [0.1, 0.15) is 19.0 Å². The first-order valence-corrected chi connectivity index (χ1v) is 7.95. The van der Waals surface area contributed by atoms with Crippen LogP contribution in [0.25, 0.3) is 0 Å². The lowest BCUT2D eigenvalue weighted by atomic mass is 10.1. The van der Waals surface area contributed by atoms with Crippen LogP contribution in [0.1, 0.15) is 16.7 Å². The fourth-order valence-corrected chi connectivity index (χ4v) is 2.64. The molecule has 0 aliphatic heterocycles. The summed E-state index contributed by atoms with van der Waals surface area (Å²) in [6.07, 6.45) is 0. The van der Waals surface area contributed by atoms with E-state index < -0.39 is 0 Å². The zero-order valence-electron chi connectivity index (χ0n) is 13.4. The molecule has 0 unspecified atom stereocenters. The minimum Gasteiger partial charge on any atom is -0.493 e. The van der Waals surface area contributed by atoms with E-state index in [4.69, 9.17) is 19.5 Å². The molecule has 0 amide bonds. The van der Waals surface area contributed by atoms with Crippen molar-refractivity contribution in [3.8, 4) is 23.3 Å². The molecule has 0 N–H and O–H groups in total. The summed E-state index contributed by atoms with van der Waals surface area (Å²) < 4.78 is 17.5. The standard InChI is InChI=1S/C18H18BrNO3/c1-12-4-5-13(2)16(8-12)22-6-7-23-18-15(19)9-14(11-20)10-17(18)21-3/h4-5,8-10H,6-7H2,1-3H3. The van der Waals surface area contributed by atoms with Crippen molar-refractivity contribution in [3.05, 3.63) is 51.5 Å². The highest BCUT2D eigenvalue weighted by Crippen LogP contribution is 2.36. The van der Waals surface area contributed by atoms with E-state index in [0.29, 0.717) is 34.7 Å². The lowest BCUT2D eigenvalue weighted by molar-refractivity contribution is 0.209. The molecule has 2 rings (SSSR count). The van der Waals surface area contributed by atoms with Crippen molar-refractivity contribution in [1.29, 1.82) is 5.26 Å². The van der Waals surface area contributed by atoms with Crippen molar-refractivity contribution >= 4 is 15.9 Å². The second kappa shape index (κ2) is 7.89. The second-order valence-electron chi connectivity index (χ2n) is 5.07. The van der Waals surface area contributed by atoms with Crippen LogP contribution in [0.5, 0.6) is 17.2 Å². The van der Waals surface area contributed by atoms with Crippen LogP contribution in [0.4, 0.5) is 0 Å². The molecule has 0 heterocycles. The predicted molar refractivity (Wildman–Crippen MR) is 92.3 cm³/mol. The first-order chi connectivity index (χ1) is 11.0. The number of aryl methyl sites for hydroxylation is 2. The van der Waals surface area contributed by atoms with E-state index in [1.165, 1.54) is 0 Å². The lowest BCUT2D eigenvalue weighted by Gasteiger charge is -2.14. The van der Waals surface area contributed by atoms with Crippen molar-refractivity contribution in [3.63, 3.8) is 0 Å². The number of ether oxygens (including phenoxy) is 3. The molecule has 2 aromatic rings. The van der Waals surface area contributed by atoms with Gasteiger partial charge >= 0.3 is 0 Å². The van der Waals surface area contributed by atoms with Gasteiger partial charge in [0, 0.05) is 6.07 Å². The Morgan fingerprint density at radius 3 is 2.48 bits per heavy atom. The molecule has 0 aliphatic rings. The van der Waals surface area contributed by atoms with Gasteiger partial charge in [-0.3, -0.25) is 0 Å². The number of hydrogen-bond donors (Lipinski definition) is 0. The topological polar surface area (TPSA) is 51.5 Å². The van der Waals surface area contributed by atoms with Gasteiger partial charge in [0.15, 0.2) is 11.5 Å². The number of methoxy groups -OCH3 is 1. The Labute approximate surface area is 144 Å². The van der Waals surface area contributed by atoms with Gasteiger partial charge < -0.3 is 14.2 Å².